The van der Waals surface area contributed by atoms with Gasteiger partial charge < -0.3 is 5.32 Å². The van der Waals surface area contributed by atoms with Gasteiger partial charge in [0.15, 0.2) is 0 Å². The number of nitrogens with one attached hydrogen (secondary N) is 1. The molecule has 0 saturated heterocycles. The molecule has 1 unspecified atom stereocenters. The highest BCUT2D eigenvalue weighted by Crippen LogP contribution is 2.31. The zero-order valence-electron chi connectivity index (χ0n) is 13.8. The second-order valence-electron chi connectivity index (χ2n) is 5.66. The van der Waals surface area contributed by atoms with Crippen LogP contribution in [0.2, 0.25) is 0 Å². The summed E-state index contributed by atoms with van der Waals surface area (Å²) in [5, 5.41) is 3.82. The molecule has 0 aliphatic rings. The zero-order chi connectivity index (χ0) is 14.2. The minimum Gasteiger partial charge on any atom is -0.312 e. The largest absolute Gasteiger partial charge is 0.312 e. The first-order valence-electron chi connectivity index (χ1n) is 8.02. The Morgan fingerprint density at radius 1 is 0.944 bits per heavy atom. The number of likely N-dealkylation sites (N-methyl/N-ethyl adjacent to an activating group) is 1. The Bertz CT molecular complexity index is 193. The van der Waals surface area contributed by atoms with Crippen molar-refractivity contribution in [3.63, 3.8) is 0 Å². The fourth-order valence-corrected chi connectivity index (χ4v) is 3.53. The molecule has 0 spiro atoms. The van der Waals surface area contributed by atoms with Gasteiger partial charge in [0.1, 0.15) is 0 Å². The highest BCUT2D eigenvalue weighted by molar-refractivity contribution is 4.99. The van der Waals surface area contributed by atoms with Crippen molar-refractivity contribution in [2.24, 2.45) is 5.92 Å². The molecule has 2 nitrogen and oxygen atoms in total. The topological polar surface area (TPSA) is 15.3 Å². The lowest BCUT2D eigenvalue weighted by Crippen LogP contribution is -2.62. The third kappa shape index (κ3) is 3.96. The van der Waals surface area contributed by atoms with Gasteiger partial charge >= 0.3 is 0 Å². The Balaban J connectivity index is 5.21. The molecule has 0 aromatic heterocycles. The second-order valence-corrected chi connectivity index (χ2v) is 5.66. The van der Waals surface area contributed by atoms with E-state index in [-0.39, 0.29) is 0 Å². The maximum Gasteiger partial charge on any atom is 0.0359 e. The van der Waals surface area contributed by atoms with E-state index in [0.29, 0.717) is 17.5 Å². The molecule has 0 amide bonds. The molecule has 0 rings (SSSR count). The van der Waals surface area contributed by atoms with E-state index < -0.39 is 0 Å². The lowest BCUT2D eigenvalue weighted by molar-refractivity contribution is 0.0324. The molecular weight excluding hydrogens is 220 g/mol. The molecule has 0 fully saturated rings. The molecule has 0 saturated carbocycles. The summed E-state index contributed by atoms with van der Waals surface area (Å²) in [7, 11) is 0. The minimum atomic E-state index is 0.312. The van der Waals surface area contributed by atoms with Crippen LogP contribution in [0.5, 0.6) is 0 Å². The summed E-state index contributed by atoms with van der Waals surface area (Å²) in [5.41, 5.74) is 0.312. The molecule has 0 heterocycles. The molecule has 18 heavy (non-hydrogen) atoms. The van der Waals surface area contributed by atoms with Crippen LogP contribution in [-0.4, -0.2) is 36.1 Å². The number of nitrogens with zero attached hydrogens (tertiary/aromatic N) is 1. The van der Waals surface area contributed by atoms with Crippen LogP contribution < -0.4 is 5.32 Å². The lowest BCUT2D eigenvalue weighted by atomic mass is 9.77. The molecule has 0 bridgehead atoms. The van der Waals surface area contributed by atoms with Crippen LogP contribution in [0.1, 0.15) is 67.7 Å². The Morgan fingerprint density at radius 3 is 1.72 bits per heavy atom. The third-order valence-electron chi connectivity index (χ3n) is 4.48. The summed E-state index contributed by atoms with van der Waals surface area (Å²) in [6, 6.07) is 0.590. The van der Waals surface area contributed by atoms with Crippen molar-refractivity contribution in [3.05, 3.63) is 0 Å². The summed E-state index contributed by atoms with van der Waals surface area (Å²) in [5.74, 6) is 0.678. The van der Waals surface area contributed by atoms with E-state index in [1.807, 2.05) is 0 Å². The molecule has 0 aromatic rings. The molecule has 1 N–H and O–H groups in total. The summed E-state index contributed by atoms with van der Waals surface area (Å²) >= 11 is 0. The van der Waals surface area contributed by atoms with E-state index in [1.54, 1.807) is 0 Å². The van der Waals surface area contributed by atoms with Crippen LogP contribution in [0.25, 0.3) is 0 Å². The van der Waals surface area contributed by atoms with Crippen LogP contribution in [0.15, 0.2) is 0 Å². The minimum absolute atomic E-state index is 0.312. The maximum atomic E-state index is 3.82. The second kappa shape index (κ2) is 8.92. The molecule has 110 valence electrons. The summed E-state index contributed by atoms with van der Waals surface area (Å²) < 4.78 is 0. The summed E-state index contributed by atoms with van der Waals surface area (Å²) in [4.78, 5) is 2.67. The quantitative estimate of drug-likeness (QED) is 0.637. The molecule has 0 radical (unpaired) electrons. The van der Waals surface area contributed by atoms with E-state index in [9.17, 15) is 0 Å². The van der Waals surface area contributed by atoms with Gasteiger partial charge in [-0.2, -0.15) is 0 Å². The lowest BCUT2D eigenvalue weighted by Gasteiger charge is -2.50. The summed E-state index contributed by atoms with van der Waals surface area (Å²) in [6.07, 6.45) is 3.67. The normalized spacial score (nSPS) is 14.5. The number of rotatable bonds is 10. The SMILES string of the molecule is CCCNC(C(C)C)C(CC)(CC)N(CC)CC. The van der Waals surface area contributed by atoms with Crippen molar-refractivity contribution in [1.29, 1.82) is 0 Å². The van der Waals surface area contributed by atoms with Gasteiger partial charge in [0.25, 0.3) is 0 Å². The van der Waals surface area contributed by atoms with E-state index in [2.05, 4.69) is 58.7 Å². The molecule has 1 atom stereocenters. The molecule has 0 aliphatic heterocycles. The van der Waals surface area contributed by atoms with Crippen LogP contribution >= 0.6 is 0 Å². The Labute approximate surface area is 116 Å². The standard InChI is InChI=1S/C16H36N2/c1-8-13-17-15(14(6)7)16(9-2,10-3)18(11-4)12-5/h14-15,17H,8-13H2,1-7H3. The van der Waals surface area contributed by atoms with Crippen LogP contribution in [0, 0.1) is 5.92 Å². The van der Waals surface area contributed by atoms with Crippen molar-refractivity contribution in [2.45, 2.75) is 79.3 Å². The fourth-order valence-electron chi connectivity index (χ4n) is 3.53. The van der Waals surface area contributed by atoms with Gasteiger partial charge in [0, 0.05) is 11.6 Å². The predicted molar refractivity (Wildman–Crippen MR) is 83.2 cm³/mol. The van der Waals surface area contributed by atoms with Gasteiger partial charge in [0.05, 0.1) is 0 Å². The summed E-state index contributed by atoms with van der Waals surface area (Å²) in [6.45, 7) is 19.7. The average molecular weight is 256 g/mol. The average Bonchev–Trinajstić information content (AvgIpc) is 2.37. The first-order chi connectivity index (χ1) is 8.53. The van der Waals surface area contributed by atoms with Crippen LogP contribution in [0.4, 0.5) is 0 Å². The number of hydrogen-bond acceptors (Lipinski definition) is 2. The predicted octanol–water partition coefficient (Wildman–Crippen LogP) is 3.91. The van der Waals surface area contributed by atoms with Gasteiger partial charge in [0.2, 0.25) is 0 Å². The Kier molecular flexibility index (Phi) is 8.89. The van der Waals surface area contributed by atoms with Gasteiger partial charge in [-0.05, 0) is 44.8 Å². The Hall–Kier alpha value is -0.0800. The van der Waals surface area contributed by atoms with Gasteiger partial charge in [-0.15, -0.1) is 0 Å². The van der Waals surface area contributed by atoms with E-state index in [0.717, 1.165) is 19.6 Å². The molecule has 0 aromatic carbocycles. The molecular formula is C16H36N2. The maximum absolute atomic E-state index is 3.82. The van der Waals surface area contributed by atoms with Gasteiger partial charge in [-0.3, -0.25) is 4.90 Å². The van der Waals surface area contributed by atoms with Gasteiger partial charge in [-0.1, -0.05) is 48.5 Å². The Morgan fingerprint density at radius 2 is 1.44 bits per heavy atom. The third-order valence-corrected chi connectivity index (χ3v) is 4.48. The van der Waals surface area contributed by atoms with E-state index in [1.165, 1.54) is 19.3 Å². The monoisotopic (exact) mass is 256 g/mol. The van der Waals surface area contributed by atoms with E-state index in [4.69, 9.17) is 0 Å². The van der Waals surface area contributed by atoms with Crippen molar-refractivity contribution < 1.29 is 0 Å². The highest BCUT2D eigenvalue weighted by atomic mass is 15.2. The zero-order valence-corrected chi connectivity index (χ0v) is 13.8. The smallest absolute Gasteiger partial charge is 0.0359 e. The van der Waals surface area contributed by atoms with E-state index >= 15 is 0 Å². The van der Waals surface area contributed by atoms with Crippen molar-refractivity contribution in [3.8, 4) is 0 Å². The molecule has 0 aliphatic carbocycles. The number of hydrogen-bond donors (Lipinski definition) is 1. The van der Waals surface area contributed by atoms with Crippen molar-refractivity contribution in [2.75, 3.05) is 19.6 Å². The van der Waals surface area contributed by atoms with Crippen LogP contribution in [-0.2, 0) is 0 Å². The van der Waals surface area contributed by atoms with Gasteiger partial charge in [-0.25, -0.2) is 0 Å². The van der Waals surface area contributed by atoms with Crippen molar-refractivity contribution in [1.82, 2.24) is 10.2 Å². The first-order valence-corrected chi connectivity index (χ1v) is 8.02. The van der Waals surface area contributed by atoms with Crippen LogP contribution in [0.3, 0.4) is 0 Å². The molecule has 2 heteroatoms. The highest BCUT2D eigenvalue weighted by Gasteiger charge is 2.40. The first kappa shape index (κ1) is 17.9. The van der Waals surface area contributed by atoms with Crippen molar-refractivity contribution >= 4 is 0 Å². The fraction of sp³-hybridized carbons (Fsp3) is 1.00.